The van der Waals surface area contributed by atoms with Gasteiger partial charge in [-0.2, -0.15) is 13.2 Å². The van der Waals surface area contributed by atoms with Crippen molar-refractivity contribution < 1.29 is 13.2 Å². The highest BCUT2D eigenvalue weighted by Gasteiger charge is 2.36. The molecular formula is C11H9F3N8. The number of nitrogens with one attached hydrogen (secondary N) is 2. The molecule has 8 nitrogen and oxygen atoms in total. The zero-order chi connectivity index (χ0) is 15.7. The number of nitrogen functional groups attached to an aromatic ring is 1. The van der Waals surface area contributed by atoms with Crippen molar-refractivity contribution in [3.05, 3.63) is 35.8 Å². The van der Waals surface area contributed by atoms with Gasteiger partial charge >= 0.3 is 6.18 Å². The molecule has 11 heteroatoms. The third kappa shape index (κ3) is 2.73. The molecule has 0 saturated carbocycles. The number of H-pyrrole nitrogens is 2. The summed E-state index contributed by atoms with van der Waals surface area (Å²) >= 11 is 0. The highest BCUT2D eigenvalue weighted by molar-refractivity contribution is 5.51. The van der Waals surface area contributed by atoms with Gasteiger partial charge < -0.3 is 10.7 Å². The number of hydrogen-bond donors (Lipinski definition) is 3. The summed E-state index contributed by atoms with van der Waals surface area (Å²) in [5.74, 6) is -1.11. The molecule has 0 fully saturated rings. The van der Waals surface area contributed by atoms with E-state index in [1.807, 2.05) is 0 Å². The normalized spacial score (nSPS) is 11.8. The third-order valence-electron chi connectivity index (χ3n) is 2.76. The van der Waals surface area contributed by atoms with Gasteiger partial charge in [0, 0.05) is 18.8 Å². The molecule has 0 aliphatic carbocycles. The first-order valence-electron chi connectivity index (χ1n) is 6.01. The molecule has 0 bridgehead atoms. The standard InChI is InChI=1S/C11H9F3N8/c12-11(13,14)10-20-9(21-22-10)8-18-6(7(15)19-8)1-5-2-16-4-17-3-5/h2-4H,1,15H2,(H,18,19)(H,20,21,22). The Morgan fingerprint density at radius 2 is 1.82 bits per heavy atom. The van der Waals surface area contributed by atoms with Crippen LogP contribution in [-0.4, -0.2) is 35.1 Å². The zero-order valence-electron chi connectivity index (χ0n) is 10.9. The van der Waals surface area contributed by atoms with E-state index in [9.17, 15) is 13.2 Å². The van der Waals surface area contributed by atoms with Gasteiger partial charge in [0.1, 0.15) is 12.1 Å². The minimum absolute atomic E-state index is 0.0762. The molecule has 4 N–H and O–H groups in total. The van der Waals surface area contributed by atoms with Crippen LogP contribution in [0.25, 0.3) is 11.6 Å². The molecule has 3 aromatic heterocycles. The van der Waals surface area contributed by atoms with Crippen LogP contribution >= 0.6 is 0 Å². The number of halogens is 3. The molecule has 0 atom stereocenters. The lowest BCUT2D eigenvalue weighted by atomic mass is 10.2. The van der Waals surface area contributed by atoms with Crippen LogP contribution in [0.4, 0.5) is 19.0 Å². The lowest BCUT2D eigenvalue weighted by Gasteiger charge is -1.97. The maximum Gasteiger partial charge on any atom is 0.453 e. The van der Waals surface area contributed by atoms with Crippen molar-refractivity contribution in [2.75, 3.05) is 5.73 Å². The van der Waals surface area contributed by atoms with Crippen LogP contribution in [0, 0.1) is 0 Å². The van der Waals surface area contributed by atoms with Crippen molar-refractivity contribution in [3.8, 4) is 11.6 Å². The highest BCUT2D eigenvalue weighted by Crippen LogP contribution is 2.27. The van der Waals surface area contributed by atoms with E-state index in [0.717, 1.165) is 5.56 Å². The first-order valence-corrected chi connectivity index (χ1v) is 6.01. The van der Waals surface area contributed by atoms with E-state index in [2.05, 4.69) is 35.1 Å². The van der Waals surface area contributed by atoms with Crippen molar-refractivity contribution in [2.24, 2.45) is 0 Å². The SMILES string of the molecule is Nc1[nH]c(-c2nc(C(F)(F)F)n[nH]2)nc1Cc1cncnc1. The minimum Gasteiger partial charge on any atom is -0.384 e. The third-order valence-corrected chi connectivity index (χ3v) is 2.76. The average molecular weight is 310 g/mol. The molecule has 0 amide bonds. The van der Waals surface area contributed by atoms with E-state index in [-0.39, 0.29) is 17.5 Å². The van der Waals surface area contributed by atoms with Gasteiger partial charge in [0.25, 0.3) is 5.82 Å². The Bertz CT molecular complexity index is 776. The summed E-state index contributed by atoms with van der Waals surface area (Å²) < 4.78 is 37.4. The fourth-order valence-electron chi connectivity index (χ4n) is 1.78. The summed E-state index contributed by atoms with van der Waals surface area (Å²) in [7, 11) is 0. The summed E-state index contributed by atoms with van der Waals surface area (Å²) in [5, 5.41) is 5.28. The van der Waals surface area contributed by atoms with Gasteiger partial charge in [-0.05, 0) is 5.56 Å². The number of anilines is 1. The van der Waals surface area contributed by atoms with Crippen LogP contribution in [0.15, 0.2) is 18.7 Å². The van der Waals surface area contributed by atoms with Gasteiger partial charge in [-0.25, -0.2) is 19.9 Å². The topological polar surface area (TPSA) is 122 Å². The Balaban J connectivity index is 1.87. The second kappa shape index (κ2) is 5.09. The Morgan fingerprint density at radius 1 is 1.09 bits per heavy atom. The van der Waals surface area contributed by atoms with Crippen LogP contribution in [0.2, 0.25) is 0 Å². The average Bonchev–Trinajstić information content (AvgIpc) is 3.07. The number of rotatable bonds is 3. The number of aromatic nitrogens is 7. The molecule has 3 heterocycles. The van der Waals surface area contributed by atoms with Gasteiger partial charge in [-0.1, -0.05) is 0 Å². The summed E-state index contributed by atoms with van der Waals surface area (Å²) in [6, 6.07) is 0. The monoisotopic (exact) mass is 310 g/mol. The molecule has 114 valence electrons. The smallest absolute Gasteiger partial charge is 0.384 e. The number of nitrogens with two attached hydrogens (primary N) is 1. The van der Waals surface area contributed by atoms with Crippen LogP contribution in [0.5, 0.6) is 0 Å². The summed E-state index contributed by atoms with van der Waals surface area (Å²) in [6.45, 7) is 0. The molecule has 0 spiro atoms. The number of alkyl halides is 3. The lowest BCUT2D eigenvalue weighted by Crippen LogP contribution is -2.07. The molecule has 0 aromatic carbocycles. The number of imidazole rings is 1. The predicted molar refractivity (Wildman–Crippen MR) is 68.2 cm³/mol. The van der Waals surface area contributed by atoms with Crippen molar-refractivity contribution in [3.63, 3.8) is 0 Å². The number of hydrogen-bond acceptors (Lipinski definition) is 6. The predicted octanol–water partition coefficient (Wildman–Crippen LogP) is 1.18. The Labute approximate surface area is 121 Å². The van der Waals surface area contributed by atoms with Gasteiger partial charge in [-0.3, -0.25) is 5.10 Å². The molecule has 3 rings (SSSR count). The largest absolute Gasteiger partial charge is 0.453 e. The van der Waals surface area contributed by atoms with Gasteiger partial charge in [-0.15, -0.1) is 5.10 Å². The lowest BCUT2D eigenvalue weighted by molar-refractivity contribution is -0.144. The maximum atomic E-state index is 12.5. The molecule has 0 unspecified atom stereocenters. The molecule has 3 aromatic rings. The van der Waals surface area contributed by atoms with Gasteiger partial charge in [0.05, 0.1) is 5.69 Å². The fraction of sp³-hybridized carbons (Fsp3) is 0.182. The number of nitrogens with zero attached hydrogens (tertiary/aromatic N) is 5. The van der Waals surface area contributed by atoms with Crippen LogP contribution in [0.1, 0.15) is 17.1 Å². The summed E-state index contributed by atoms with van der Waals surface area (Å²) in [6.07, 6.45) is 0.282. The molecule has 0 aliphatic heterocycles. The van der Waals surface area contributed by atoms with E-state index in [4.69, 9.17) is 5.73 Å². The maximum absolute atomic E-state index is 12.5. The van der Waals surface area contributed by atoms with E-state index in [1.165, 1.54) is 6.33 Å². The van der Waals surface area contributed by atoms with Crippen molar-refractivity contribution in [2.45, 2.75) is 12.6 Å². The quantitative estimate of drug-likeness (QED) is 0.667. The Hall–Kier alpha value is -2.98. The Morgan fingerprint density at radius 3 is 2.45 bits per heavy atom. The first kappa shape index (κ1) is 14.0. The van der Waals surface area contributed by atoms with Crippen molar-refractivity contribution in [1.82, 2.24) is 35.1 Å². The highest BCUT2D eigenvalue weighted by atomic mass is 19.4. The second-order valence-electron chi connectivity index (χ2n) is 4.37. The van der Waals surface area contributed by atoms with E-state index in [0.29, 0.717) is 12.1 Å². The molecule has 0 radical (unpaired) electrons. The van der Waals surface area contributed by atoms with E-state index in [1.54, 1.807) is 12.4 Å². The van der Waals surface area contributed by atoms with Crippen LogP contribution < -0.4 is 5.73 Å². The van der Waals surface area contributed by atoms with Gasteiger partial charge in [0.15, 0.2) is 11.6 Å². The van der Waals surface area contributed by atoms with Crippen molar-refractivity contribution >= 4 is 5.82 Å². The summed E-state index contributed by atoms with van der Waals surface area (Å²) in [4.78, 5) is 17.9. The van der Waals surface area contributed by atoms with E-state index < -0.39 is 12.0 Å². The number of aromatic amines is 2. The molecule has 0 aliphatic rings. The second-order valence-corrected chi connectivity index (χ2v) is 4.37. The Kier molecular flexibility index (Phi) is 3.23. The zero-order valence-corrected chi connectivity index (χ0v) is 10.9. The fourth-order valence-corrected chi connectivity index (χ4v) is 1.78. The van der Waals surface area contributed by atoms with Crippen LogP contribution in [-0.2, 0) is 12.6 Å². The van der Waals surface area contributed by atoms with Crippen molar-refractivity contribution in [1.29, 1.82) is 0 Å². The molecular weight excluding hydrogens is 301 g/mol. The van der Waals surface area contributed by atoms with Gasteiger partial charge in [0.2, 0.25) is 0 Å². The summed E-state index contributed by atoms with van der Waals surface area (Å²) in [5.41, 5.74) is 6.99. The van der Waals surface area contributed by atoms with E-state index >= 15 is 0 Å². The first-order chi connectivity index (χ1) is 10.4. The molecule has 22 heavy (non-hydrogen) atoms. The molecule has 0 saturated heterocycles. The van der Waals surface area contributed by atoms with Crippen LogP contribution in [0.3, 0.4) is 0 Å². The minimum atomic E-state index is -4.63.